The number of aromatic carboxylic acids is 1. The van der Waals surface area contributed by atoms with Crippen molar-refractivity contribution in [2.45, 2.75) is 25.8 Å². The van der Waals surface area contributed by atoms with Gasteiger partial charge in [-0.1, -0.05) is 13.0 Å². The van der Waals surface area contributed by atoms with E-state index < -0.39 is 5.97 Å². The van der Waals surface area contributed by atoms with Crippen molar-refractivity contribution in [3.63, 3.8) is 0 Å². The number of carbonyl (C=O) groups is 1. The van der Waals surface area contributed by atoms with E-state index in [4.69, 9.17) is 0 Å². The van der Waals surface area contributed by atoms with Gasteiger partial charge < -0.3 is 14.9 Å². The summed E-state index contributed by atoms with van der Waals surface area (Å²) in [4.78, 5) is 16.0. The van der Waals surface area contributed by atoms with E-state index in [0.717, 1.165) is 38.2 Å². The van der Waals surface area contributed by atoms with Gasteiger partial charge in [-0.3, -0.25) is 0 Å². The van der Waals surface area contributed by atoms with E-state index in [1.807, 2.05) is 19.2 Å². The molecule has 0 atom stereocenters. The van der Waals surface area contributed by atoms with Gasteiger partial charge in [0.2, 0.25) is 0 Å². The number of nitrogens with zero attached hydrogens (tertiary/aromatic N) is 2. The van der Waals surface area contributed by atoms with Crippen LogP contribution in [0.3, 0.4) is 0 Å². The van der Waals surface area contributed by atoms with Gasteiger partial charge in [-0.25, -0.2) is 4.79 Å². The fraction of sp³-hybridized carbons (Fsp3) is 0.533. The number of hydrogen-bond donors (Lipinski definition) is 1. The van der Waals surface area contributed by atoms with Crippen molar-refractivity contribution in [1.82, 2.24) is 4.90 Å². The van der Waals surface area contributed by atoms with Gasteiger partial charge in [-0.05, 0) is 47.4 Å². The van der Waals surface area contributed by atoms with Crippen LogP contribution in [0.4, 0.5) is 5.69 Å². The molecule has 1 aliphatic rings. The smallest absolute Gasteiger partial charge is 0.338 e. The summed E-state index contributed by atoms with van der Waals surface area (Å²) >= 11 is 3.35. The summed E-state index contributed by atoms with van der Waals surface area (Å²) in [5.41, 5.74) is 1.15. The number of rotatable bonds is 4. The summed E-state index contributed by atoms with van der Waals surface area (Å²) in [7, 11) is 2.00. The van der Waals surface area contributed by atoms with E-state index in [2.05, 4.69) is 32.7 Å². The van der Waals surface area contributed by atoms with Gasteiger partial charge in [0.1, 0.15) is 0 Å². The number of carboxylic acid groups (broad SMARTS) is 1. The number of hydrogen-bond acceptors (Lipinski definition) is 3. The molecular formula is C15H21BrN2O2. The highest BCUT2D eigenvalue weighted by Crippen LogP contribution is 2.30. The number of likely N-dealkylation sites (tertiary alicyclic amines) is 1. The Balaban J connectivity index is 2.20. The summed E-state index contributed by atoms with van der Waals surface area (Å²) in [5, 5.41) is 9.41. The molecule has 1 N–H and O–H groups in total. The van der Waals surface area contributed by atoms with Gasteiger partial charge in [0.15, 0.2) is 0 Å². The van der Waals surface area contributed by atoms with Crippen LogP contribution in [-0.2, 0) is 0 Å². The molecule has 1 aromatic rings. The Morgan fingerprint density at radius 2 is 2.10 bits per heavy atom. The van der Waals surface area contributed by atoms with Crippen LogP contribution in [-0.4, -0.2) is 48.7 Å². The summed E-state index contributed by atoms with van der Waals surface area (Å²) in [6, 6.07) is 5.97. The van der Waals surface area contributed by atoms with Crippen LogP contribution in [0, 0.1) is 0 Å². The van der Waals surface area contributed by atoms with Crippen LogP contribution < -0.4 is 4.90 Å². The van der Waals surface area contributed by atoms with Gasteiger partial charge >= 0.3 is 5.97 Å². The molecule has 1 fully saturated rings. The van der Waals surface area contributed by atoms with E-state index >= 15 is 0 Å². The highest BCUT2D eigenvalue weighted by molar-refractivity contribution is 9.10. The first-order chi connectivity index (χ1) is 9.54. The predicted octanol–water partition coefficient (Wildman–Crippen LogP) is 3.07. The molecule has 4 nitrogen and oxygen atoms in total. The van der Waals surface area contributed by atoms with Gasteiger partial charge in [0.05, 0.1) is 11.3 Å². The minimum absolute atomic E-state index is 0.355. The SMILES string of the molecule is CCN1CCC(N(C)c2cccc(Br)c2C(=O)O)CC1. The second-order valence-electron chi connectivity index (χ2n) is 5.22. The van der Waals surface area contributed by atoms with Gasteiger partial charge in [-0.2, -0.15) is 0 Å². The van der Waals surface area contributed by atoms with Gasteiger partial charge in [0, 0.05) is 30.7 Å². The molecule has 5 heteroatoms. The molecule has 0 saturated carbocycles. The minimum Gasteiger partial charge on any atom is -0.478 e. The Kier molecular flexibility index (Phi) is 5.05. The average Bonchev–Trinajstić information content (AvgIpc) is 2.46. The second-order valence-corrected chi connectivity index (χ2v) is 6.07. The zero-order valence-electron chi connectivity index (χ0n) is 12.0. The zero-order chi connectivity index (χ0) is 14.7. The van der Waals surface area contributed by atoms with Crippen LogP contribution in [0.5, 0.6) is 0 Å². The van der Waals surface area contributed by atoms with E-state index in [9.17, 15) is 9.90 Å². The van der Waals surface area contributed by atoms with Crippen molar-refractivity contribution >= 4 is 27.6 Å². The first kappa shape index (κ1) is 15.3. The lowest BCUT2D eigenvalue weighted by Gasteiger charge is -2.38. The molecule has 20 heavy (non-hydrogen) atoms. The van der Waals surface area contributed by atoms with Crippen molar-refractivity contribution in [2.24, 2.45) is 0 Å². The van der Waals surface area contributed by atoms with Crippen molar-refractivity contribution in [2.75, 3.05) is 31.6 Å². The lowest BCUT2D eigenvalue weighted by Crippen LogP contribution is -2.43. The van der Waals surface area contributed by atoms with Crippen molar-refractivity contribution in [1.29, 1.82) is 0 Å². The molecule has 0 unspecified atom stereocenters. The third-order valence-corrected chi connectivity index (χ3v) is 4.80. The molecule has 0 spiro atoms. The zero-order valence-corrected chi connectivity index (χ0v) is 13.6. The molecule has 1 heterocycles. The Morgan fingerprint density at radius 3 is 2.65 bits per heavy atom. The van der Waals surface area contributed by atoms with Crippen LogP contribution in [0.2, 0.25) is 0 Å². The monoisotopic (exact) mass is 340 g/mol. The van der Waals surface area contributed by atoms with Crippen molar-refractivity contribution in [3.05, 3.63) is 28.2 Å². The fourth-order valence-electron chi connectivity index (χ4n) is 2.84. The number of carboxylic acids is 1. The summed E-state index contributed by atoms with van der Waals surface area (Å²) in [6.07, 6.45) is 2.16. The maximum atomic E-state index is 11.5. The Labute approximate surface area is 128 Å². The third kappa shape index (κ3) is 3.15. The minimum atomic E-state index is -0.884. The number of benzene rings is 1. The standard InChI is InChI=1S/C15H21BrN2O2/c1-3-18-9-7-11(8-10-18)17(2)13-6-4-5-12(16)14(13)15(19)20/h4-6,11H,3,7-10H2,1-2H3,(H,19,20). The average molecular weight is 341 g/mol. The van der Waals surface area contributed by atoms with Crippen molar-refractivity contribution in [3.8, 4) is 0 Å². The fourth-order valence-corrected chi connectivity index (χ4v) is 3.36. The number of halogens is 1. The van der Waals surface area contributed by atoms with E-state index in [-0.39, 0.29) is 0 Å². The molecule has 0 amide bonds. The molecular weight excluding hydrogens is 320 g/mol. The Bertz CT molecular complexity index is 485. The summed E-state index contributed by atoms with van der Waals surface area (Å²) < 4.78 is 0.639. The topological polar surface area (TPSA) is 43.8 Å². The Morgan fingerprint density at radius 1 is 1.45 bits per heavy atom. The highest BCUT2D eigenvalue weighted by atomic mass is 79.9. The predicted molar refractivity (Wildman–Crippen MR) is 84.6 cm³/mol. The van der Waals surface area contributed by atoms with E-state index in [1.54, 1.807) is 6.07 Å². The molecule has 0 bridgehead atoms. The first-order valence-electron chi connectivity index (χ1n) is 7.01. The highest BCUT2D eigenvalue weighted by Gasteiger charge is 2.25. The van der Waals surface area contributed by atoms with Crippen LogP contribution in [0.15, 0.2) is 22.7 Å². The second kappa shape index (κ2) is 6.59. The van der Waals surface area contributed by atoms with Crippen LogP contribution in [0.1, 0.15) is 30.1 Å². The molecule has 1 aromatic carbocycles. The molecule has 1 aliphatic heterocycles. The molecule has 1 saturated heterocycles. The largest absolute Gasteiger partial charge is 0.478 e. The van der Waals surface area contributed by atoms with Crippen molar-refractivity contribution < 1.29 is 9.90 Å². The quantitative estimate of drug-likeness (QED) is 0.914. The van der Waals surface area contributed by atoms with Gasteiger partial charge in [-0.15, -0.1) is 0 Å². The van der Waals surface area contributed by atoms with Crippen LogP contribution >= 0.6 is 15.9 Å². The van der Waals surface area contributed by atoms with E-state index in [0.29, 0.717) is 16.1 Å². The summed E-state index contributed by atoms with van der Waals surface area (Å²) in [6.45, 7) is 5.44. The Hall–Kier alpha value is -1.07. The maximum Gasteiger partial charge on any atom is 0.338 e. The number of piperidine rings is 1. The molecule has 2 rings (SSSR count). The van der Waals surface area contributed by atoms with Gasteiger partial charge in [0.25, 0.3) is 0 Å². The molecule has 0 aliphatic carbocycles. The van der Waals surface area contributed by atoms with Crippen LogP contribution in [0.25, 0.3) is 0 Å². The molecule has 0 radical (unpaired) electrons. The molecule has 0 aromatic heterocycles. The lowest BCUT2D eigenvalue weighted by atomic mass is 10.0. The third-order valence-electron chi connectivity index (χ3n) is 4.14. The lowest BCUT2D eigenvalue weighted by molar-refractivity contribution is 0.0696. The number of anilines is 1. The summed E-state index contributed by atoms with van der Waals surface area (Å²) in [5.74, 6) is -0.884. The molecule has 110 valence electrons. The van der Waals surface area contributed by atoms with E-state index in [1.165, 1.54) is 0 Å². The first-order valence-corrected chi connectivity index (χ1v) is 7.81. The maximum absolute atomic E-state index is 11.5. The normalized spacial score (nSPS) is 17.1.